The summed E-state index contributed by atoms with van der Waals surface area (Å²) in [5, 5.41) is 5.32. The van der Waals surface area contributed by atoms with Crippen LogP contribution in [-0.2, 0) is 7.05 Å². The second kappa shape index (κ2) is 8.61. The van der Waals surface area contributed by atoms with Crippen LogP contribution >= 0.6 is 0 Å². The molecule has 0 aliphatic carbocycles. The lowest BCUT2D eigenvalue weighted by molar-refractivity contribution is 0.0769. The molecule has 1 aromatic carbocycles. The van der Waals surface area contributed by atoms with Crippen molar-refractivity contribution >= 4 is 22.6 Å². The van der Waals surface area contributed by atoms with Gasteiger partial charge in [0.05, 0.1) is 30.0 Å². The van der Waals surface area contributed by atoms with Crippen molar-refractivity contribution in [1.82, 2.24) is 19.7 Å². The Labute approximate surface area is 192 Å². The van der Waals surface area contributed by atoms with Crippen molar-refractivity contribution in [2.24, 2.45) is 7.05 Å². The zero-order valence-corrected chi connectivity index (χ0v) is 19.1. The highest BCUT2D eigenvalue weighted by molar-refractivity contribution is 6.07. The molecule has 170 valence electrons. The van der Waals surface area contributed by atoms with E-state index in [1.54, 1.807) is 18.1 Å². The molecule has 0 bridgehead atoms. The van der Waals surface area contributed by atoms with Gasteiger partial charge in [-0.1, -0.05) is 0 Å². The van der Waals surface area contributed by atoms with Crippen molar-refractivity contribution in [2.45, 2.75) is 13.3 Å². The molecule has 4 heterocycles. The third-order valence-electron chi connectivity index (χ3n) is 6.19. The summed E-state index contributed by atoms with van der Waals surface area (Å²) in [6, 6.07) is 13.6. The number of hydrogen-bond donors (Lipinski definition) is 0. The molecule has 0 N–H and O–H groups in total. The van der Waals surface area contributed by atoms with Crippen molar-refractivity contribution in [3.8, 4) is 17.2 Å². The van der Waals surface area contributed by atoms with Gasteiger partial charge in [-0.15, -0.1) is 0 Å². The van der Waals surface area contributed by atoms with E-state index in [0.29, 0.717) is 35.8 Å². The number of methoxy groups -OCH3 is 1. The van der Waals surface area contributed by atoms with Gasteiger partial charge in [0.2, 0.25) is 0 Å². The largest absolute Gasteiger partial charge is 0.497 e. The fourth-order valence-corrected chi connectivity index (χ4v) is 4.51. The lowest BCUT2D eigenvalue weighted by Crippen LogP contribution is -2.35. The number of aryl methyl sites for hydroxylation is 2. The van der Waals surface area contributed by atoms with E-state index in [1.807, 2.05) is 49.2 Å². The molecule has 0 saturated carbocycles. The summed E-state index contributed by atoms with van der Waals surface area (Å²) < 4.78 is 12.6. The van der Waals surface area contributed by atoms with Gasteiger partial charge in [0.25, 0.3) is 5.91 Å². The molecule has 1 saturated heterocycles. The Morgan fingerprint density at radius 1 is 1.09 bits per heavy atom. The van der Waals surface area contributed by atoms with Crippen molar-refractivity contribution in [2.75, 3.05) is 38.2 Å². The Morgan fingerprint density at radius 3 is 2.64 bits per heavy atom. The van der Waals surface area contributed by atoms with Crippen LogP contribution in [0.25, 0.3) is 22.5 Å². The third-order valence-corrected chi connectivity index (χ3v) is 6.19. The van der Waals surface area contributed by atoms with Crippen LogP contribution in [0.1, 0.15) is 22.5 Å². The van der Waals surface area contributed by atoms with E-state index in [4.69, 9.17) is 14.1 Å². The van der Waals surface area contributed by atoms with Gasteiger partial charge in [0.1, 0.15) is 11.4 Å². The summed E-state index contributed by atoms with van der Waals surface area (Å²) in [6.45, 7) is 4.92. The molecule has 1 fully saturated rings. The van der Waals surface area contributed by atoms with E-state index in [0.717, 1.165) is 42.0 Å². The number of benzene rings is 1. The van der Waals surface area contributed by atoms with Crippen LogP contribution in [-0.4, -0.2) is 58.9 Å². The van der Waals surface area contributed by atoms with Gasteiger partial charge in [-0.2, -0.15) is 5.10 Å². The van der Waals surface area contributed by atoms with Gasteiger partial charge >= 0.3 is 0 Å². The van der Waals surface area contributed by atoms with Crippen molar-refractivity contribution in [1.29, 1.82) is 0 Å². The van der Waals surface area contributed by atoms with E-state index >= 15 is 0 Å². The van der Waals surface area contributed by atoms with Crippen LogP contribution in [0.3, 0.4) is 0 Å². The molecule has 8 nitrogen and oxygen atoms in total. The van der Waals surface area contributed by atoms with Gasteiger partial charge in [0, 0.05) is 38.9 Å². The van der Waals surface area contributed by atoms with Crippen LogP contribution in [0.5, 0.6) is 5.75 Å². The van der Waals surface area contributed by atoms with Gasteiger partial charge in [0.15, 0.2) is 11.4 Å². The number of furan rings is 1. The smallest absolute Gasteiger partial charge is 0.254 e. The number of nitrogens with zero attached hydrogens (tertiary/aromatic N) is 5. The first-order valence-corrected chi connectivity index (χ1v) is 11.1. The summed E-state index contributed by atoms with van der Waals surface area (Å²) >= 11 is 0. The quantitative estimate of drug-likeness (QED) is 0.474. The zero-order chi connectivity index (χ0) is 22.9. The summed E-state index contributed by atoms with van der Waals surface area (Å²) in [6.07, 6.45) is 2.50. The predicted molar refractivity (Wildman–Crippen MR) is 127 cm³/mol. The average molecular weight is 446 g/mol. The fourth-order valence-electron chi connectivity index (χ4n) is 4.51. The second-order valence-electron chi connectivity index (χ2n) is 8.27. The van der Waals surface area contributed by atoms with E-state index < -0.39 is 0 Å². The zero-order valence-electron chi connectivity index (χ0n) is 19.1. The van der Waals surface area contributed by atoms with Crippen LogP contribution in [0.4, 0.5) is 5.69 Å². The molecular formula is C25H27N5O3. The number of carbonyl (C=O) groups is 1. The number of hydrogen-bond acceptors (Lipinski definition) is 6. The number of aromatic nitrogens is 3. The minimum absolute atomic E-state index is 0.00267. The number of rotatable bonds is 4. The number of anilines is 1. The number of fused-ring (bicyclic) bond motifs is 1. The Kier molecular flexibility index (Phi) is 5.50. The lowest BCUT2D eigenvalue weighted by Gasteiger charge is -2.24. The standard InChI is InChI=1S/C25H27N5O3/c1-17-23-20(16-21(22-6-4-15-33-22)26-24(23)28(2)27-17)25(31)30-12-5-11-29(13-14-30)18-7-9-19(32-3)10-8-18/h4,6-10,15-16H,5,11-14H2,1-3H3. The van der Waals surface area contributed by atoms with Crippen LogP contribution < -0.4 is 9.64 Å². The molecule has 8 heteroatoms. The summed E-state index contributed by atoms with van der Waals surface area (Å²) in [4.78, 5) is 22.8. The van der Waals surface area contributed by atoms with Gasteiger partial charge in [-0.25, -0.2) is 4.98 Å². The van der Waals surface area contributed by atoms with Gasteiger partial charge in [-0.3, -0.25) is 9.48 Å². The normalized spacial score (nSPS) is 14.5. The molecule has 5 rings (SSSR count). The van der Waals surface area contributed by atoms with Crippen LogP contribution in [0.15, 0.2) is 53.1 Å². The molecule has 3 aromatic heterocycles. The highest BCUT2D eigenvalue weighted by Gasteiger charge is 2.25. The van der Waals surface area contributed by atoms with Crippen LogP contribution in [0, 0.1) is 6.92 Å². The third kappa shape index (κ3) is 3.92. The average Bonchev–Trinajstić information content (AvgIpc) is 3.39. The number of ether oxygens (including phenoxy) is 1. The minimum Gasteiger partial charge on any atom is -0.497 e. The molecule has 1 aliphatic rings. The van der Waals surface area contributed by atoms with E-state index in [2.05, 4.69) is 22.1 Å². The lowest BCUT2D eigenvalue weighted by atomic mass is 10.1. The number of carbonyl (C=O) groups excluding carboxylic acids is 1. The van der Waals surface area contributed by atoms with Crippen molar-refractivity contribution in [3.63, 3.8) is 0 Å². The van der Waals surface area contributed by atoms with E-state index in [9.17, 15) is 4.79 Å². The molecular weight excluding hydrogens is 418 g/mol. The molecule has 0 spiro atoms. The highest BCUT2D eigenvalue weighted by Crippen LogP contribution is 2.29. The maximum Gasteiger partial charge on any atom is 0.254 e. The van der Waals surface area contributed by atoms with E-state index in [1.165, 1.54) is 0 Å². The first kappa shape index (κ1) is 21.1. The predicted octanol–water partition coefficient (Wildman–Crippen LogP) is 3.90. The maximum atomic E-state index is 13.8. The molecule has 1 aliphatic heterocycles. The Hall–Kier alpha value is -3.81. The Bertz CT molecular complexity index is 1280. The topological polar surface area (TPSA) is 76.6 Å². The minimum atomic E-state index is 0.00267. The summed E-state index contributed by atoms with van der Waals surface area (Å²) in [7, 11) is 3.52. The molecule has 33 heavy (non-hydrogen) atoms. The van der Waals surface area contributed by atoms with E-state index in [-0.39, 0.29) is 5.91 Å². The van der Waals surface area contributed by atoms with Gasteiger partial charge < -0.3 is 19.0 Å². The first-order valence-electron chi connectivity index (χ1n) is 11.1. The second-order valence-corrected chi connectivity index (χ2v) is 8.27. The summed E-state index contributed by atoms with van der Waals surface area (Å²) in [5.74, 6) is 1.47. The van der Waals surface area contributed by atoms with Crippen molar-refractivity contribution in [3.05, 3.63) is 60.0 Å². The Morgan fingerprint density at radius 2 is 1.91 bits per heavy atom. The molecule has 0 atom stereocenters. The number of pyridine rings is 1. The fraction of sp³-hybridized carbons (Fsp3) is 0.320. The van der Waals surface area contributed by atoms with Gasteiger partial charge in [-0.05, 0) is 55.8 Å². The first-order chi connectivity index (χ1) is 16.0. The maximum absolute atomic E-state index is 13.8. The number of amides is 1. The monoisotopic (exact) mass is 445 g/mol. The van der Waals surface area contributed by atoms with Crippen LogP contribution in [0.2, 0.25) is 0 Å². The van der Waals surface area contributed by atoms with Crippen molar-refractivity contribution < 1.29 is 13.9 Å². The summed E-state index contributed by atoms with van der Waals surface area (Å²) in [5.41, 5.74) is 3.87. The SMILES string of the molecule is COc1ccc(N2CCCN(C(=O)c3cc(-c4ccco4)nc4c3c(C)nn4C)CC2)cc1. The molecule has 4 aromatic rings. The highest BCUT2D eigenvalue weighted by atomic mass is 16.5. The molecule has 0 unspecified atom stereocenters. The molecule has 1 amide bonds. The molecule has 0 radical (unpaired) electrons. The Balaban J connectivity index is 1.44.